The van der Waals surface area contributed by atoms with E-state index in [-0.39, 0.29) is 45.7 Å². The van der Waals surface area contributed by atoms with Gasteiger partial charge >= 0.3 is 5.97 Å². The van der Waals surface area contributed by atoms with Gasteiger partial charge in [-0.25, -0.2) is 0 Å². The zero-order valence-corrected chi connectivity index (χ0v) is 24.1. The summed E-state index contributed by atoms with van der Waals surface area (Å²) >= 11 is 0. The highest BCUT2D eigenvalue weighted by molar-refractivity contribution is 5.79. The van der Waals surface area contributed by atoms with Crippen LogP contribution >= 0.6 is 0 Å². The lowest BCUT2D eigenvalue weighted by molar-refractivity contribution is -0.144. The summed E-state index contributed by atoms with van der Waals surface area (Å²) < 4.78 is 17.1. The van der Waals surface area contributed by atoms with Crippen molar-refractivity contribution in [1.82, 2.24) is 9.80 Å². The van der Waals surface area contributed by atoms with Crippen LogP contribution in [-0.4, -0.2) is 94.3 Å². The molecule has 1 amide bonds. The third-order valence-corrected chi connectivity index (χ3v) is 8.08. The Morgan fingerprint density at radius 3 is 2.52 bits per heavy atom. The number of hydrogen-bond acceptors (Lipinski definition) is 9. The number of nitrogens with zero attached hydrogens (tertiary/aromatic N) is 2. The number of carbonyl (C=O) groups is 2. The van der Waals surface area contributed by atoms with Gasteiger partial charge in [-0.05, 0) is 43.0 Å². The van der Waals surface area contributed by atoms with E-state index in [2.05, 4.69) is 0 Å². The summed E-state index contributed by atoms with van der Waals surface area (Å²) in [6, 6.07) is 10.1. The standard InChI is InChI=1S/C31H42N2O9/c1-2-3-10-32(11-6-12-34)28(37)17-33-16-24(22-14-23(19-36)30-27(15-22)41-20-42-30)29(31(38)39)25(33)9-13-40-26-8-5-4-7-21(26)18-35/h4-5,7-8,14-15,24-25,29,34-36H,2-3,6,9-13,16-20H2,1H3,(H,38,39)/t24-,25+,29-/m1/s1. The topological polar surface area (TPSA) is 149 Å². The molecular formula is C31H42N2O9. The highest BCUT2D eigenvalue weighted by Crippen LogP contribution is 2.44. The molecule has 230 valence electrons. The molecule has 4 N–H and O–H groups in total. The number of hydrogen-bond donors (Lipinski definition) is 4. The van der Waals surface area contributed by atoms with Gasteiger partial charge in [-0.3, -0.25) is 14.5 Å². The molecule has 2 aliphatic heterocycles. The lowest BCUT2D eigenvalue weighted by Gasteiger charge is -2.29. The number of ether oxygens (including phenoxy) is 3. The quantitative estimate of drug-likeness (QED) is 0.231. The fourth-order valence-electron chi connectivity index (χ4n) is 5.94. The van der Waals surface area contributed by atoms with E-state index < -0.39 is 23.8 Å². The molecule has 1 fully saturated rings. The third kappa shape index (κ3) is 7.33. The lowest BCUT2D eigenvalue weighted by atomic mass is 9.83. The maximum absolute atomic E-state index is 13.5. The van der Waals surface area contributed by atoms with Gasteiger partial charge in [0.25, 0.3) is 0 Å². The first kappa shape index (κ1) is 31.6. The van der Waals surface area contributed by atoms with Crippen LogP contribution in [0.5, 0.6) is 17.2 Å². The highest BCUT2D eigenvalue weighted by Gasteiger charge is 2.47. The Morgan fingerprint density at radius 2 is 1.81 bits per heavy atom. The summed E-state index contributed by atoms with van der Waals surface area (Å²) in [5, 5.41) is 39.5. The second-order valence-electron chi connectivity index (χ2n) is 10.8. The number of carboxylic acids is 1. The summed E-state index contributed by atoms with van der Waals surface area (Å²) in [6.45, 7) is 3.13. The molecule has 0 unspecified atom stereocenters. The molecule has 4 rings (SSSR count). The van der Waals surface area contributed by atoms with Crippen LogP contribution in [0.4, 0.5) is 0 Å². The molecule has 3 atom stereocenters. The average molecular weight is 587 g/mol. The van der Waals surface area contributed by atoms with Gasteiger partial charge in [0.1, 0.15) is 5.75 Å². The number of carboxylic acid groups (broad SMARTS) is 1. The number of fused-ring (bicyclic) bond motifs is 1. The predicted octanol–water partition coefficient (Wildman–Crippen LogP) is 2.35. The summed E-state index contributed by atoms with van der Waals surface area (Å²) in [5.74, 6) is -0.981. The molecule has 0 radical (unpaired) electrons. The van der Waals surface area contributed by atoms with Crippen LogP contribution in [0.15, 0.2) is 36.4 Å². The van der Waals surface area contributed by atoms with Crippen molar-refractivity contribution in [2.45, 2.75) is 57.8 Å². The van der Waals surface area contributed by atoms with Crippen molar-refractivity contribution in [2.24, 2.45) is 5.92 Å². The van der Waals surface area contributed by atoms with E-state index in [1.807, 2.05) is 11.8 Å². The number of benzene rings is 2. The molecule has 2 aromatic rings. The number of amides is 1. The van der Waals surface area contributed by atoms with Gasteiger partial charge in [-0.15, -0.1) is 0 Å². The van der Waals surface area contributed by atoms with E-state index in [0.717, 1.165) is 12.8 Å². The summed E-state index contributed by atoms with van der Waals surface area (Å²) in [4.78, 5) is 30.0. The molecule has 0 aliphatic carbocycles. The number of unbranched alkanes of at least 4 members (excludes halogenated alkanes) is 1. The number of likely N-dealkylation sites (tertiary alicyclic amines) is 1. The van der Waals surface area contributed by atoms with Gasteiger partial charge in [0.05, 0.1) is 32.3 Å². The second kappa shape index (κ2) is 15.2. The Hall–Kier alpha value is -3.38. The Kier molecular flexibility index (Phi) is 11.4. The summed E-state index contributed by atoms with van der Waals surface area (Å²) in [6.07, 6.45) is 2.56. The molecule has 11 heteroatoms. The van der Waals surface area contributed by atoms with Crippen LogP contribution in [0.2, 0.25) is 0 Å². The van der Waals surface area contributed by atoms with Gasteiger partial charge in [0, 0.05) is 49.3 Å². The first-order chi connectivity index (χ1) is 20.4. The van der Waals surface area contributed by atoms with Crippen molar-refractivity contribution in [3.63, 3.8) is 0 Å². The van der Waals surface area contributed by atoms with E-state index >= 15 is 0 Å². The number of carbonyl (C=O) groups excluding carboxylic acids is 1. The van der Waals surface area contributed by atoms with Gasteiger partial charge in [-0.2, -0.15) is 0 Å². The Morgan fingerprint density at radius 1 is 1.05 bits per heavy atom. The fourth-order valence-corrected chi connectivity index (χ4v) is 5.94. The smallest absolute Gasteiger partial charge is 0.308 e. The van der Waals surface area contributed by atoms with E-state index in [4.69, 9.17) is 14.2 Å². The number of aliphatic carboxylic acids is 1. The second-order valence-corrected chi connectivity index (χ2v) is 10.8. The van der Waals surface area contributed by atoms with E-state index in [0.29, 0.717) is 66.4 Å². The molecule has 0 spiro atoms. The molecule has 2 aliphatic rings. The predicted molar refractivity (Wildman–Crippen MR) is 153 cm³/mol. The van der Waals surface area contributed by atoms with Crippen molar-refractivity contribution in [2.75, 3.05) is 46.2 Å². The maximum atomic E-state index is 13.5. The minimum atomic E-state index is -0.984. The number of aliphatic hydroxyl groups excluding tert-OH is 3. The number of para-hydroxylation sites is 1. The largest absolute Gasteiger partial charge is 0.493 e. The van der Waals surface area contributed by atoms with Crippen molar-refractivity contribution in [1.29, 1.82) is 0 Å². The van der Waals surface area contributed by atoms with Crippen LogP contribution < -0.4 is 14.2 Å². The first-order valence-corrected chi connectivity index (χ1v) is 14.6. The van der Waals surface area contributed by atoms with E-state index in [1.54, 1.807) is 41.3 Å². The van der Waals surface area contributed by atoms with Gasteiger partial charge < -0.3 is 39.5 Å². The fraction of sp³-hybridized carbons (Fsp3) is 0.548. The normalized spacial score (nSPS) is 19.7. The first-order valence-electron chi connectivity index (χ1n) is 14.6. The molecule has 2 heterocycles. The Balaban J connectivity index is 1.61. The minimum Gasteiger partial charge on any atom is -0.493 e. The minimum absolute atomic E-state index is 0.0185. The number of aliphatic hydroxyl groups is 3. The van der Waals surface area contributed by atoms with E-state index in [9.17, 15) is 30.0 Å². The van der Waals surface area contributed by atoms with Crippen molar-refractivity contribution < 1.29 is 44.2 Å². The third-order valence-electron chi connectivity index (χ3n) is 8.08. The molecule has 0 bridgehead atoms. The average Bonchev–Trinajstić information content (AvgIpc) is 3.62. The van der Waals surface area contributed by atoms with Crippen molar-refractivity contribution >= 4 is 11.9 Å². The van der Waals surface area contributed by atoms with Crippen LogP contribution in [0.1, 0.15) is 55.2 Å². The molecule has 42 heavy (non-hydrogen) atoms. The molecule has 1 saturated heterocycles. The maximum Gasteiger partial charge on any atom is 0.308 e. The van der Waals surface area contributed by atoms with Crippen LogP contribution in [0.25, 0.3) is 0 Å². The lowest BCUT2D eigenvalue weighted by Crippen LogP contribution is -2.45. The zero-order valence-electron chi connectivity index (χ0n) is 24.1. The monoisotopic (exact) mass is 586 g/mol. The van der Waals surface area contributed by atoms with Crippen molar-refractivity contribution in [3.05, 3.63) is 53.1 Å². The van der Waals surface area contributed by atoms with Gasteiger partial charge in [0.15, 0.2) is 11.5 Å². The Bertz CT molecular complexity index is 1200. The van der Waals surface area contributed by atoms with Crippen LogP contribution in [0.3, 0.4) is 0 Å². The zero-order chi connectivity index (χ0) is 30.1. The van der Waals surface area contributed by atoms with Gasteiger partial charge in [0.2, 0.25) is 12.7 Å². The highest BCUT2D eigenvalue weighted by atomic mass is 16.7. The summed E-state index contributed by atoms with van der Waals surface area (Å²) in [5.41, 5.74) is 1.86. The molecular weight excluding hydrogens is 544 g/mol. The molecule has 0 aromatic heterocycles. The van der Waals surface area contributed by atoms with Crippen molar-refractivity contribution in [3.8, 4) is 17.2 Å². The molecule has 2 aromatic carbocycles. The molecule has 0 saturated carbocycles. The SMILES string of the molecule is CCCCN(CCCO)C(=O)CN1C[C@H](c2cc(CO)c3c(c2)OCO3)[C@@H](C(=O)O)[C@@H]1CCOc1ccccc1CO. The number of rotatable bonds is 16. The summed E-state index contributed by atoms with van der Waals surface area (Å²) in [7, 11) is 0. The van der Waals surface area contributed by atoms with Gasteiger partial charge in [-0.1, -0.05) is 31.5 Å². The Labute approximate surface area is 246 Å². The van der Waals surface area contributed by atoms with Crippen LogP contribution in [0, 0.1) is 5.92 Å². The van der Waals surface area contributed by atoms with E-state index in [1.165, 1.54) is 0 Å². The molecule has 11 nitrogen and oxygen atoms in total. The van der Waals surface area contributed by atoms with Crippen LogP contribution in [-0.2, 0) is 22.8 Å².